The highest BCUT2D eigenvalue weighted by molar-refractivity contribution is 5.81. The fourth-order valence-corrected chi connectivity index (χ4v) is 3.75. The second kappa shape index (κ2) is 6.92. The van der Waals surface area contributed by atoms with Crippen molar-refractivity contribution in [2.75, 3.05) is 37.8 Å². The van der Waals surface area contributed by atoms with Crippen LogP contribution < -0.4 is 9.64 Å². The maximum atomic E-state index is 6.01. The van der Waals surface area contributed by atoms with Crippen LogP contribution >= 0.6 is 0 Å². The minimum Gasteiger partial charge on any atom is -0.492 e. The van der Waals surface area contributed by atoms with Gasteiger partial charge in [-0.25, -0.2) is 19.9 Å². The third kappa shape index (κ3) is 2.90. The third-order valence-electron chi connectivity index (χ3n) is 4.96. The van der Waals surface area contributed by atoms with E-state index in [4.69, 9.17) is 9.47 Å². The van der Waals surface area contributed by atoms with Crippen LogP contribution in [0.5, 0.6) is 5.75 Å². The van der Waals surface area contributed by atoms with Crippen molar-refractivity contribution < 1.29 is 9.47 Å². The first-order chi connectivity index (χ1) is 13.4. The van der Waals surface area contributed by atoms with E-state index in [0.29, 0.717) is 25.6 Å². The first-order valence-corrected chi connectivity index (χ1v) is 9.08. The molecule has 7 heteroatoms. The van der Waals surface area contributed by atoms with Crippen LogP contribution in [0.2, 0.25) is 0 Å². The normalized spacial score (nSPS) is 18.8. The topological polar surface area (TPSA) is 73.3 Å². The van der Waals surface area contributed by atoms with Crippen LogP contribution in [0.1, 0.15) is 17.3 Å². The van der Waals surface area contributed by atoms with Gasteiger partial charge in [0.2, 0.25) is 0 Å². The van der Waals surface area contributed by atoms with E-state index in [0.717, 1.165) is 41.5 Å². The van der Waals surface area contributed by atoms with E-state index < -0.39 is 0 Å². The van der Waals surface area contributed by atoms with Crippen molar-refractivity contribution in [3.8, 4) is 17.1 Å². The van der Waals surface area contributed by atoms with Gasteiger partial charge in [-0.1, -0.05) is 0 Å². The summed E-state index contributed by atoms with van der Waals surface area (Å²) in [6.45, 7) is 3.57. The lowest BCUT2D eigenvalue weighted by molar-refractivity contribution is 0.122. The minimum absolute atomic E-state index is 0.0114. The van der Waals surface area contributed by atoms with Crippen molar-refractivity contribution in [2.45, 2.75) is 5.92 Å². The highest BCUT2D eigenvalue weighted by Gasteiger charge is 2.34. The predicted octanol–water partition coefficient (Wildman–Crippen LogP) is 2.29. The van der Waals surface area contributed by atoms with E-state index in [9.17, 15) is 0 Å². The molecule has 2 aliphatic rings. The van der Waals surface area contributed by atoms with Crippen LogP contribution in [0, 0.1) is 0 Å². The van der Waals surface area contributed by atoms with Crippen LogP contribution in [-0.4, -0.2) is 52.8 Å². The number of hydrogen-bond donors (Lipinski definition) is 0. The zero-order valence-electron chi connectivity index (χ0n) is 14.8. The molecule has 1 aromatic carbocycles. The molecule has 1 unspecified atom stereocenters. The second-order valence-electron chi connectivity index (χ2n) is 6.52. The number of rotatable bonds is 3. The molecule has 1 atom stereocenters. The quantitative estimate of drug-likeness (QED) is 0.709. The van der Waals surface area contributed by atoms with Gasteiger partial charge in [0.1, 0.15) is 18.2 Å². The number of hydrogen-bond acceptors (Lipinski definition) is 7. The summed E-state index contributed by atoms with van der Waals surface area (Å²) in [5.74, 6) is 2.36. The Hall–Kier alpha value is -3.06. The predicted molar refractivity (Wildman–Crippen MR) is 99.9 cm³/mol. The second-order valence-corrected chi connectivity index (χ2v) is 6.52. The summed E-state index contributed by atoms with van der Waals surface area (Å²) in [4.78, 5) is 20.3. The molecular weight excluding hydrogens is 342 g/mol. The van der Waals surface area contributed by atoms with Crippen molar-refractivity contribution in [3.05, 3.63) is 60.4 Å². The van der Waals surface area contributed by atoms with Gasteiger partial charge in [0, 0.05) is 49.0 Å². The molecular formula is C20H19N5O2. The van der Waals surface area contributed by atoms with Crippen LogP contribution in [0.25, 0.3) is 11.4 Å². The zero-order valence-corrected chi connectivity index (χ0v) is 14.8. The van der Waals surface area contributed by atoms with Crippen LogP contribution in [0.3, 0.4) is 0 Å². The van der Waals surface area contributed by atoms with Gasteiger partial charge in [0.25, 0.3) is 0 Å². The Morgan fingerprint density at radius 3 is 2.33 bits per heavy atom. The van der Waals surface area contributed by atoms with Gasteiger partial charge >= 0.3 is 0 Å². The van der Waals surface area contributed by atoms with Gasteiger partial charge in [0.15, 0.2) is 5.82 Å². The molecule has 0 N–H and O–H groups in total. The average molecular weight is 361 g/mol. The number of ether oxygens (including phenoxy) is 2. The summed E-state index contributed by atoms with van der Waals surface area (Å²) in [7, 11) is 0. The SMILES string of the molecule is c1cnc(-c2ccc3c(c2N2CCOCC2)C(c2ncccn2)CO3)nc1. The van der Waals surface area contributed by atoms with Gasteiger partial charge in [-0.05, 0) is 24.3 Å². The van der Waals surface area contributed by atoms with E-state index >= 15 is 0 Å². The lowest BCUT2D eigenvalue weighted by Crippen LogP contribution is -2.37. The lowest BCUT2D eigenvalue weighted by Gasteiger charge is -2.32. The van der Waals surface area contributed by atoms with Crippen LogP contribution in [-0.2, 0) is 4.74 Å². The zero-order chi connectivity index (χ0) is 18.1. The Bertz CT molecular complexity index is 930. The Balaban J connectivity index is 1.70. The summed E-state index contributed by atoms with van der Waals surface area (Å²) in [5, 5.41) is 0. The lowest BCUT2D eigenvalue weighted by atomic mass is 9.94. The van der Waals surface area contributed by atoms with Gasteiger partial charge in [-0.15, -0.1) is 0 Å². The van der Waals surface area contributed by atoms with Gasteiger partial charge in [-0.2, -0.15) is 0 Å². The molecule has 2 aliphatic heterocycles. The molecule has 0 saturated carbocycles. The third-order valence-corrected chi connectivity index (χ3v) is 4.96. The molecule has 27 heavy (non-hydrogen) atoms. The van der Waals surface area contributed by atoms with E-state index in [-0.39, 0.29) is 5.92 Å². The molecule has 0 aliphatic carbocycles. The monoisotopic (exact) mass is 361 g/mol. The Kier molecular flexibility index (Phi) is 4.14. The van der Waals surface area contributed by atoms with Crippen molar-refractivity contribution in [1.29, 1.82) is 0 Å². The molecule has 0 amide bonds. The molecule has 2 aromatic heterocycles. The summed E-state index contributed by atoms with van der Waals surface area (Å²) in [6, 6.07) is 7.72. The number of morpholine rings is 1. The fraction of sp³-hybridized carbons (Fsp3) is 0.300. The minimum atomic E-state index is -0.0114. The highest BCUT2D eigenvalue weighted by Crippen LogP contribution is 2.47. The van der Waals surface area contributed by atoms with Gasteiger partial charge in [-0.3, -0.25) is 0 Å². The van der Waals surface area contributed by atoms with Crippen molar-refractivity contribution in [2.24, 2.45) is 0 Å². The molecule has 3 aromatic rings. The Morgan fingerprint density at radius 1 is 0.889 bits per heavy atom. The molecule has 4 heterocycles. The molecule has 0 radical (unpaired) electrons. The molecule has 0 spiro atoms. The first-order valence-electron chi connectivity index (χ1n) is 9.08. The maximum absolute atomic E-state index is 6.01. The molecule has 1 saturated heterocycles. The van der Waals surface area contributed by atoms with Crippen molar-refractivity contribution >= 4 is 5.69 Å². The van der Waals surface area contributed by atoms with Gasteiger partial charge in [0.05, 0.1) is 24.8 Å². The number of nitrogens with zero attached hydrogens (tertiary/aromatic N) is 5. The van der Waals surface area contributed by atoms with E-state index in [2.05, 4.69) is 24.8 Å². The Labute approximate surface area is 157 Å². The number of benzene rings is 1. The molecule has 1 fully saturated rings. The van der Waals surface area contributed by atoms with E-state index in [1.165, 1.54) is 0 Å². The summed E-state index contributed by atoms with van der Waals surface area (Å²) < 4.78 is 11.6. The highest BCUT2D eigenvalue weighted by atomic mass is 16.5. The van der Waals surface area contributed by atoms with Crippen molar-refractivity contribution in [3.63, 3.8) is 0 Å². The van der Waals surface area contributed by atoms with Crippen LogP contribution in [0.15, 0.2) is 49.1 Å². The van der Waals surface area contributed by atoms with Gasteiger partial charge < -0.3 is 14.4 Å². The summed E-state index contributed by atoms with van der Waals surface area (Å²) in [5.41, 5.74) is 3.23. The number of anilines is 1. The molecule has 0 bridgehead atoms. The Morgan fingerprint density at radius 2 is 1.59 bits per heavy atom. The van der Waals surface area contributed by atoms with E-state index in [1.54, 1.807) is 24.8 Å². The summed E-state index contributed by atoms with van der Waals surface area (Å²) in [6.07, 6.45) is 7.09. The fourth-order valence-electron chi connectivity index (χ4n) is 3.75. The number of fused-ring (bicyclic) bond motifs is 1. The molecule has 7 nitrogen and oxygen atoms in total. The molecule has 136 valence electrons. The number of aromatic nitrogens is 4. The first kappa shape index (κ1) is 16.1. The van der Waals surface area contributed by atoms with Crippen LogP contribution in [0.4, 0.5) is 5.69 Å². The molecule has 5 rings (SSSR count). The van der Waals surface area contributed by atoms with E-state index in [1.807, 2.05) is 24.3 Å². The smallest absolute Gasteiger partial charge is 0.161 e. The van der Waals surface area contributed by atoms with Crippen molar-refractivity contribution in [1.82, 2.24) is 19.9 Å². The summed E-state index contributed by atoms with van der Waals surface area (Å²) >= 11 is 0. The standard InChI is InChI=1S/C20H19N5O2/c1-5-21-19(22-6-1)14-3-4-16-17(18(14)25-9-11-26-12-10-25)15(13-27-16)20-23-7-2-8-24-20/h1-8,15H,9-13H2. The largest absolute Gasteiger partial charge is 0.492 e. The average Bonchev–Trinajstić information content (AvgIpc) is 3.19. The maximum Gasteiger partial charge on any atom is 0.161 e.